The van der Waals surface area contributed by atoms with Gasteiger partial charge in [-0.3, -0.25) is 15.7 Å². The van der Waals surface area contributed by atoms with E-state index in [0.29, 0.717) is 32.0 Å². The number of nitrogens with zero attached hydrogens (tertiary/aromatic N) is 2. The van der Waals surface area contributed by atoms with Crippen LogP contribution in [0.4, 0.5) is 5.69 Å². The second-order valence-electron chi connectivity index (χ2n) is 4.37. The lowest BCUT2D eigenvalue weighted by Gasteiger charge is -2.26. The van der Waals surface area contributed by atoms with Crippen molar-refractivity contribution in [2.75, 3.05) is 44.8 Å². The number of anilines is 1. The van der Waals surface area contributed by atoms with Crippen molar-refractivity contribution in [1.82, 2.24) is 14.6 Å². The summed E-state index contributed by atoms with van der Waals surface area (Å²) in [6.07, 6.45) is 2.74. The highest BCUT2D eigenvalue weighted by atomic mass is 32.2. The first-order chi connectivity index (χ1) is 9.63. The maximum Gasteiger partial charge on any atom is 0.244 e. The molecule has 0 aromatic carbocycles. The molecule has 0 radical (unpaired) electrons. The third kappa shape index (κ3) is 3.87. The van der Waals surface area contributed by atoms with Gasteiger partial charge in [0.25, 0.3) is 0 Å². The third-order valence-electron chi connectivity index (χ3n) is 3.05. The lowest BCUT2D eigenvalue weighted by atomic mass is 10.4. The number of nitrogen functional groups attached to an aromatic ring is 1. The highest BCUT2D eigenvalue weighted by Crippen LogP contribution is 2.17. The first kappa shape index (κ1) is 15.1. The van der Waals surface area contributed by atoms with Crippen LogP contribution in [0.3, 0.4) is 0 Å². The molecule has 0 atom stereocenters. The minimum atomic E-state index is -3.62. The van der Waals surface area contributed by atoms with E-state index in [0.717, 1.165) is 13.1 Å². The fraction of sp³-hybridized carbons (Fsp3) is 0.545. The molecule has 4 N–H and O–H groups in total. The predicted molar refractivity (Wildman–Crippen MR) is 74.5 cm³/mol. The second kappa shape index (κ2) is 6.95. The molecule has 1 aromatic rings. The Kier molecular flexibility index (Phi) is 5.26. The van der Waals surface area contributed by atoms with Gasteiger partial charge in [-0.1, -0.05) is 0 Å². The highest BCUT2D eigenvalue weighted by Gasteiger charge is 2.19. The number of ether oxygens (including phenoxy) is 1. The lowest BCUT2D eigenvalue weighted by Crippen LogP contribution is -2.41. The van der Waals surface area contributed by atoms with Crippen LogP contribution in [0.5, 0.6) is 0 Å². The molecule has 2 heterocycles. The SMILES string of the molecule is NNc1ccncc1S(=O)(=O)NCCN1CCOCC1. The Hall–Kier alpha value is -1.26. The normalized spacial score (nSPS) is 17.1. The first-order valence-electron chi connectivity index (χ1n) is 6.34. The second-order valence-corrected chi connectivity index (χ2v) is 6.10. The summed E-state index contributed by atoms with van der Waals surface area (Å²) in [6, 6.07) is 1.51. The van der Waals surface area contributed by atoms with Crippen LogP contribution in [0.1, 0.15) is 0 Å². The molecule has 0 aliphatic carbocycles. The van der Waals surface area contributed by atoms with Crippen LogP contribution >= 0.6 is 0 Å². The summed E-state index contributed by atoms with van der Waals surface area (Å²) in [6.45, 7) is 4.01. The molecule has 0 saturated carbocycles. The molecule has 112 valence electrons. The molecule has 0 unspecified atom stereocenters. The quantitative estimate of drug-likeness (QED) is 0.455. The summed E-state index contributed by atoms with van der Waals surface area (Å²) < 4.78 is 32.1. The minimum Gasteiger partial charge on any atom is -0.379 e. The van der Waals surface area contributed by atoms with Gasteiger partial charge in [0.15, 0.2) is 0 Å². The molecule has 0 amide bonds. The van der Waals surface area contributed by atoms with Gasteiger partial charge in [-0.15, -0.1) is 0 Å². The average Bonchev–Trinajstić information content (AvgIpc) is 2.48. The van der Waals surface area contributed by atoms with Gasteiger partial charge < -0.3 is 10.2 Å². The molecule has 20 heavy (non-hydrogen) atoms. The van der Waals surface area contributed by atoms with Gasteiger partial charge in [0, 0.05) is 38.6 Å². The summed E-state index contributed by atoms with van der Waals surface area (Å²) in [5.41, 5.74) is 2.67. The van der Waals surface area contributed by atoms with Crippen LogP contribution in [0.15, 0.2) is 23.4 Å². The summed E-state index contributed by atoms with van der Waals surface area (Å²) in [7, 11) is -3.62. The van der Waals surface area contributed by atoms with Gasteiger partial charge >= 0.3 is 0 Å². The van der Waals surface area contributed by atoms with Gasteiger partial charge in [-0.05, 0) is 6.07 Å². The van der Waals surface area contributed by atoms with E-state index in [9.17, 15) is 8.42 Å². The monoisotopic (exact) mass is 301 g/mol. The Morgan fingerprint density at radius 1 is 1.40 bits per heavy atom. The smallest absolute Gasteiger partial charge is 0.244 e. The summed E-state index contributed by atoms with van der Waals surface area (Å²) in [5, 5.41) is 0. The van der Waals surface area contributed by atoms with Gasteiger partial charge in [0.1, 0.15) is 4.90 Å². The van der Waals surface area contributed by atoms with E-state index >= 15 is 0 Å². The van der Waals surface area contributed by atoms with Gasteiger partial charge in [0.2, 0.25) is 10.0 Å². The van der Waals surface area contributed by atoms with Crippen LogP contribution in [-0.4, -0.2) is 57.7 Å². The van der Waals surface area contributed by atoms with Crippen LogP contribution in [0, 0.1) is 0 Å². The van der Waals surface area contributed by atoms with E-state index in [4.69, 9.17) is 10.6 Å². The van der Waals surface area contributed by atoms with Crippen molar-refractivity contribution in [2.24, 2.45) is 5.84 Å². The summed E-state index contributed by atoms with van der Waals surface area (Å²) in [4.78, 5) is 6.01. The zero-order valence-electron chi connectivity index (χ0n) is 11.1. The van der Waals surface area contributed by atoms with Crippen molar-refractivity contribution < 1.29 is 13.2 Å². The van der Waals surface area contributed by atoms with Crippen molar-refractivity contribution in [3.8, 4) is 0 Å². The predicted octanol–water partition coefficient (Wildman–Crippen LogP) is -1.02. The van der Waals surface area contributed by atoms with Gasteiger partial charge in [0.05, 0.1) is 18.9 Å². The average molecular weight is 301 g/mol. The van der Waals surface area contributed by atoms with Gasteiger partial charge in [-0.2, -0.15) is 0 Å². The van der Waals surface area contributed by atoms with Gasteiger partial charge in [-0.25, -0.2) is 13.1 Å². The molecule has 0 bridgehead atoms. The van der Waals surface area contributed by atoms with E-state index in [-0.39, 0.29) is 4.90 Å². The van der Waals surface area contributed by atoms with E-state index in [1.165, 1.54) is 18.5 Å². The number of morpholine rings is 1. The Balaban J connectivity index is 1.93. The number of pyridine rings is 1. The summed E-state index contributed by atoms with van der Waals surface area (Å²) >= 11 is 0. The van der Waals surface area contributed by atoms with E-state index in [1.807, 2.05) is 0 Å². The standard InChI is InChI=1S/C11H19N5O3S/c12-15-10-1-2-13-9-11(10)20(17,18)14-3-4-16-5-7-19-8-6-16/h1-2,9,14H,3-8,12H2,(H,13,15). The zero-order valence-corrected chi connectivity index (χ0v) is 11.9. The molecule has 1 aromatic heterocycles. The molecule has 1 aliphatic rings. The van der Waals surface area contributed by atoms with Crippen LogP contribution in [0.2, 0.25) is 0 Å². The maximum atomic E-state index is 12.2. The topological polar surface area (TPSA) is 110 Å². The number of sulfonamides is 1. The summed E-state index contributed by atoms with van der Waals surface area (Å²) in [5.74, 6) is 5.30. The fourth-order valence-electron chi connectivity index (χ4n) is 1.95. The maximum absolute atomic E-state index is 12.2. The molecule has 8 nitrogen and oxygen atoms in total. The Labute approximate surface area is 118 Å². The number of nitrogens with one attached hydrogen (secondary N) is 2. The Morgan fingerprint density at radius 2 is 2.15 bits per heavy atom. The molecule has 1 fully saturated rings. The fourth-order valence-corrected chi connectivity index (χ4v) is 3.09. The van der Waals surface area contributed by atoms with E-state index in [1.54, 1.807) is 0 Å². The zero-order chi connectivity index (χ0) is 14.4. The number of hydrogen-bond acceptors (Lipinski definition) is 7. The molecule has 2 rings (SSSR count). The number of rotatable bonds is 6. The van der Waals surface area contributed by atoms with Crippen molar-refractivity contribution in [3.63, 3.8) is 0 Å². The van der Waals surface area contributed by atoms with Crippen molar-refractivity contribution in [2.45, 2.75) is 4.90 Å². The van der Waals surface area contributed by atoms with Crippen molar-refractivity contribution >= 4 is 15.7 Å². The first-order valence-corrected chi connectivity index (χ1v) is 7.82. The van der Waals surface area contributed by atoms with Crippen LogP contribution < -0.4 is 16.0 Å². The molecular formula is C11H19N5O3S. The minimum absolute atomic E-state index is 0.0458. The van der Waals surface area contributed by atoms with E-state index < -0.39 is 10.0 Å². The van der Waals surface area contributed by atoms with E-state index in [2.05, 4.69) is 20.0 Å². The lowest BCUT2D eigenvalue weighted by molar-refractivity contribution is 0.0390. The third-order valence-corrected chi connectivity index (χ3v) is 4.54. The Morgan fingerprint density at radius 3 is 2.85 bits per heavy atom. The number of hydrogen-bond donors (Lipinski definition) is 3. The van der Waals surface area contributed by atoms with Crippen LogP contribution in [-0.2, 0) is 14.8 Å². The molecule has 1 saturated heterocycles. The molecule has 0 spiro atoms. The molecule has 9 heteroatoms. The number of aromatic nitrogens is 1. The van der Waals surface area contributed by atoms with Crippen molar-refractivity contribution in [3.05, 3.63) is 18.5 Å². The number of nitrogens with two attached hydrogens (primary N) is 1. The largest absolute Gasteiger partial charge is 0.379 e. The Bertz CT molecular complexity index is 531. The highest BCUT2D eigenvalue weighted by molar-refractivity contribution is 7.89. The van der Waals surface area contributed by atoms with Crippen LogP contribution in [0.25, 0.3) is 0 Å². The molecular weight excluding hydrogens is 282 g/mol. The van der Waals surface area contributed by atoms with Crippen molar-refractivity contribution in [1.29, 1.82) is 0 Å². The molecule has 1 aliphatic heterocycles. The number of hydrazine groups is 1.